The van der Waals surface area contributed by atoms with Gasteiger partial charge in [-0.15, -0.1) is 0 Å². The van der Waals surface area contributed by atoms with Crippen LogP contribution in [0.1, 0.15) is 29.5 Å². The number of fused-ring (bicyclic) bond motifs is 1. The van der Waals surface area contributed by atoms with Crippen molar-refractivity contribution in [3.05, 3.63) is 114 Å². The Morgan fingerprint density at radius 1 is 1.05 bits per heavy atom. The highest BCUT2D eigenvalue weighted by atomic mass is 19.1. The molecule has 0 aliphatic carbocycles. The fourth-order valence-corrected chi connectivity index (χ4v) is 5.13. The van der Waals surface area contributed by atoms with E-state index in [2.05, 4.69) is 53.3 Å². The highest BCUT2D eigenvalue weighted by Crippen LogP contribution is 2.21. The molecule has 6 heteroatoms. The van der Waals surface area contributed by atoms with Crippen molar-refractivity contribution in [1.82, 2.24) is 14.8 Å². The molecule has 1 aliphatic heterocycles. The molecule has 0 spiro atoms. The second-order valence-electron chi connectivity index (χ2n) is 10.3. The van der Waals surface area contributed by atoms with E-state index in [1.807, 2.05) is 29.3 Å². The number of carbonyl (C=O) groups is 1. The third-order valence-corrected chi connectivity index (χ3v) is 7.05. The highest BCUT2D eigenvalue weighted by molar-refractivity contribution is 5.91. The Bertz CT molecular complexity index is 1450. The van der Waals surface area contributed by atoms with Gasteiger partial charge in [-0.1, -0.05) is 36.4 Å². The van der Waals surface area contributed by atoms with E-state index in [0.717, 1.165) is 49.1 Å². The summed E-state index contributed by atoms with van der Waals surface area (Å²) in [6, 6.07) is 25.0. The average molecular weight is 524 g/mol. The summed E-state index contributed by atoms with van der Waals surface area (Å²) < 4.78 is 19.6. The number of nitrogens with zero attached hydrogens (tertiary/aromatic N) is 3. The minimum Gasteiger partial charge on any atom is -0.493 e. The van der Waals surface area contributed by atoms with E-state index in [-0.39, 0.29) is 17.6 Å². The number of benzene rings is 3. The van der Waals surface area contributed by atoms with E-state index in [9.17, 15) is 9.18 Å². The number of hydrogen-bond donors (Lipinski definition) is 0. The summed E-state index contributed by atoms with van der Waals surface area (Å²) in [4.78, 5) is 21.3. The van der Waals surface area contributed by atoms with Gasteiger partial charge in [-0.3, -0.25) is 14.7 Å². The molecule has 0 bridgehead atoms. The van der Waals surface area contributed by atoms with E-state index >= 15 is 0 Å². The van der Waals surface area contributed by atoms with Gasteiger partial charge in [0.2, 0.25) is 5.91 Å². The molecule has 200 valence electrons. The first-order valence-electron chi connectivity index (χ1n) is 13.5. The molecule has 1 unspecified atom stereocenters. The summed E-state index contributed by atoms with van der Waals surface area (Å²) in [6.45, 7) is 3.62. The first-order valence-corrected chi connectivity index (χ1v) is 13.5. The monoisotopic (exact) mass is 523 g/mol. The zero-order valence-corrected chi connectivity index (χ0v) is 22.3. The highest BCUT2D eigenvalue weighted by Gasteiger charge is 2.23. The largest absolute Gasteiger partial charge is 0.493 e. The van der Waals surface area contributed by atoms with Crippen LogP contribution in [0, 0.1) is 11.7 Å². The van der Waals surface area contributed by atoms with Crippen LogP contribution in [0.15, 0.2) is 91.1 Å². The van der Waals surface area contributed by atoms with Crippen LogP contribution < -0.4 is 4.74 Å². The molecule has 4 aromatic rings. The van der Waals surface area contributed by atoms with Crippen LogP contribution in [0.5, 0.6) is 5.75 Å². The second kappa shape index (κ2) is 12.7. The van der Waals surface area contributed by atoms with Crippen LogP contribution in [0.2, 0.25) is 0 Å². The minimum atomic E-state index is -0.307. The molecule has 5 rings (SSSR count). The summed E-state index contributed by atoms with van der Waals surface area (Å²) in [5.74, 6) is 0.779. The molecule has 1 aliphatic rings. The third-order valence-electron chi connectivity index (χ3n) is 7.05. The molecule has 0 saturated carbocycles. The van der Waals surface area contributed by atoms with Crippen LogP contribution in [0.4, 0.5) is 4.39 Å². The molecule has 0 N–H and O–H groups in total. The van der Waals surface area contributed by atoms with Gasteiger partial charge >= 0.3 is 0 Å². The molecule has 1 amide bonds. The topological polar surface area (TPSA) is 45.7 Å². The van der Waals surface area contributed by atoms with Gasteiger partial charge in [0.25, 0.3) is 0 Å². The van der Waals surface area contributed by atoms with Gasteiger partial charge in [0.15, 0.2) is 0 Å². The first-order chi connectivity index (χ1) is 19.0. The average Bonchev–Trinajstić information content (AvgIpc) is 2.95. The van der Waals surface area contributed by atoms with Crippen LogP contribution in [-0.4, -0.2) is 47.4 Å². The van der Waals surface area contributed by atoms with Crippen molar-refractivity contribution in [1.29, 1.82) is 0 Å². The van der Waals surface area contributed by atoms with Crippen molar-refractivity contribution < 1.29 is 13.9 Å². The fraction of sp³-hybridized carbons (Fsp3) is 0.273. The normalized spacial score (nSPS) is 15.8. The Hall–Kier alpha value is -4.03. The van der Waals surface area contributed by atoms with Crippen molar-refractivity contribution in [2.45, 2.75) is 25.9 Å². The van der Waals surface area contributed by atoms with Gasteiger partial charge in [-0.05, 0) is 85.1 Å². The number of carbonyl (C=O) groups excluding carboxylic acids is 1. The molecular weight excluding hydrogens is 489 g/mol. The summed E-state index contributed by atoms with van der Waals surface area (Å²) in [7, 11) is 2.12. The smallest absolute Gasteiger partial charge is 0.246 e. The number of ether oxygens (including phenoxy) is 1. The standard InChI is InChI=1S/C33H34FN3O2/c1-36(22-27-12-14-32-29(18-27)9-4-16-35-32)21-26-7-3-11-31(20-26)39-24-28-8-5-17-37(23-28)33(38)15-13-25-6-2-10-30(34)19-25/h2-4,6-7,9-16,18-20,28H,5,8,17,21-24H2,1H3/b15-13+. The lowest BCUT2D eigenvalue weighted by atomic mass is 9.99. The number of halogens is 1. The maximum absolute atomic E-state index is 13.4. The lowest BCUT2D eigenvalue weighted by Gasteiger charge is -2.32. The summed E-state index contributed by atoms with van der Waals surface area (Å²) in [5, 5.41) is 1.16. The quantitative estimate of drug-likeness (QED) is 0.240. The molecule has 5 nitrogen and oxygen atoms in total. The summed E-state index contributed by atoms with van der Waals surface area (Å²) >= 11 is 0. The number of piperidine rings is 1. The van der Waals surface area contributed by atoms with Crippen molar-refractivity contribution in [3.63, 3.8) is 0 Å². The second-order valence-corrected chi connectivity index (χ2v) is 10.3. The SMILES string of the molecule is CN(Cc1cccc(OCC2CCCN(C(=O)/C=C/c3cccc(F)c3)C2)c1)Cc1ccc2ncccc2c1. The van der Waals surface area contributed by atoms with Crippen LogP contribution in [0.25, 0.3) is 17.0 Å². The zero-order chi connectivity index (χ0) is 27.0. The number of aromatic nitrogens is 1. The fourth-order valence-electron chi connectivity index (χ4n) is 5.13. The Balaban J connectivity index is 1.11. The molecule has 1 atom stereocenters. The molecule has 2 heterocycles. The van der Waals surface area contributed by atoms with E-state index < -0.39 is 0 Å². The van der Waals surface area contributed by atoms with Crippen LogP contribution >= 0.6 is 0 Å². The maximum atomic E-state index is 13.4. The molecular formula is C33H34FN3O2. The molecule has 1 saturated heterocycles. The molecule has 3 aromatic carbocycles. The Labute approximate surface area is 229 Å². The maximum Gasteiger partial charge on any atom is 0.246 e. The molecule has 0 radical (unpaired) electrons. The van der Waals surface area contributed by atoms with Crippen molar-refractivity contribution in [2.75, 3.05) is 26.7 Å². The van der Waals surface area contributed by atoms with Crippen LogP contribution in [0.3, 0.4) is 0 Å². The van der Waals surface area contributed by atoms with Gasteiger partial charge in [0, 0.05) is 49.8 Å². The van der Waals surface area contributed by atoms with E-state index in [4.69, 9.17) is 4.74 Å². The lowest BCUT2D eigenvalue weighted by Crippen LogP contribution is -2.40. The Morgan fingerprint density at radius 2 is 1.90 bits per heavy atom. The number of likely N-dealkylation sites (tertiary alicyclic amines) is 1. The number of hydrogen-bond acceptors (Lipinski definition) is 4. The number of amides is 1. The van der Waals surface area contributed by atoms with E-state index in [1.165, 1.54) is 29.3 Å². The van der Waals surface area contributed by atoms with Crippen LogP contribution in [-0.2, 0) is 17.9 Å². The Kier molecular flexibility index (Phi) is 8.64. The van der Waals surface area contributed by atoms with E-state index in [0.29, 0.717) is 18.7 Å². The van der Waals surface area contributed by atoms with Crippen molar-refractivity contribution >= 4 is 22.9 Å². The van der Waals surface area contributed by atoms with Gasteiger partial charge < -0.3 is 9.64 Å². The minimum absolute atomic E-state index is 0.0447. The van der Waals surface area contributed by atoms with Gasteiger partial charge in [-0.2, -0.15) is 0 Å². The van der Waals surface area contributed by atoms with E-state index in [1.54, 1.807) is 18.2 Å². The van der Waals surface area contributed by atoms with Crippen molar-refractivity contribution in [3.8, 4) is 5.75 Å². The lowest BCUT2D eigenvalue weighted by molar-refractivity contribution is -0.127. The predicted molar refractivity (Wildman–Crippen MR) is 154 cm³/mol. The van der Waals surface area contributed by atoms with Crippen molar-refractivity contribution in [2.24, 2.45) is 5.92 Å². The van der Waals surface area contributed by atoms with Gasteiger partial charge in [0.05, 0.1) is 12.1 Å². The summed E-state index contributed by atoms with van der Waals surface area (Å²) in [6.07, 6.45) is 7.00. The van der Waals surface area contributed by atoms with Gasteiger partial charge in [-0.25, -0.2) is 4.39 Å². The zero-order valence-electron chi connectivity index (χ0n) is 22.3. The molecule has 1 fully saturated rings. The molecule has 1 aromatic heterocycles. The number of pyridine rings is 1. The number of rotatable bonds is 9. The van der Waals surface area contributed by atoms with Gasteiger partial charge in [0.1, 0.15) is 11.6 Å². The Morgan fingerprint density at radius 3 is 2.77 bits per heavy atom. The summed E-state index contributed by atoms with van der Waals surface area (Å²) in [5.41, 5.74) is 4.15. The third kappa shape index (κ3) is 7.52. The first kappa shape index (κ1) is 26.6. The predicted octanol–water partition coefficient (Wildman–Crippen LogP) is 6.34. The molecule has 39 heavy (non-hydrogen) atoms.